The summed E-state index contributed by atoms with van der Waals surface area (Å²) in [6.45, 7) is 0. The van der Waals surface area contributed by atoms with Gasteiger partial charge in [0.25, 0.3) is 11.6 Å². The summed E-state index contributed by atoms with van der Waals surface area (Å²) in [5.41, 5.74) is 2.69. The van der Waals surface area contributed by atoms with Crippen molar-refractivity contribution >= 4 is 55.2 Å². The first-order chi connectivity index (χ1) is 12.9. The average Bonchev–Trinajstić information content (AvgIpc) is 3.07. The van der Waals surface area contributed by atoms with Gasteiger partial charge in [-0.3, -0.25) is 14.9 Å². The number of nitrogens with zero attached hydrogens (tertiary/aromatic N) is 2. The minimum absolute atomic E-state index is 0.0376. The molecule has 0 radical (unpaired) electrons. The van der Waals surface area contributed by atoms with Crippen LogP contribution < -0.4 is 10.2 Å². The minimum Gasteiger partial charge on any atom is -0.504 e. The summed E-state index contributed by atoms with van der Waals surface area (Å²) in [6, 6.07) is 9.19. The van der Waals surface area contributed by atoms with Crippen LogP contribution in [0.5, 0.6) is 11.5 Å². The molecule has 1 heterocycles. The first-order valence-corrected chi connectivity index (χ1v) is 9.08. The lowest BCUT2D eigenvalue weighted by atomic mass is 10.2. The van der Waals surface area contributed by atoms with Crippen LogP contribution in [0.1, 0.15) is 15.2 Å². The predicted molar refractivity (Wildman–Crippen MR) is 106 cm³/mol. The summed E-state index contributed by atoms with van der Waals surface area (Å²) in [6.07, 6.45) is 1.29. The number of hydrogen-bond acceptors (Lipinski definition) is 7. The number of fused-ring (bicyclic) bond motifs is 1. The number of thiophene rings is 1. The maximum absolute atomic E-state index is 12.3. The topological polar surface area (TPSA) is 114 Å². The third-order valence-electron chi connectivity index (χ3n) is 3.59. The van der Waals surface area contributed by atoms with Gasteiger partial charge in [0.05, 0.1) is 23.1 Å². The fourth-order valence-corrected chi connectivity index (χ4v) is 3.71. The van der Waals surface area contributed by atoms with E-state index in [1.165, 1.54) is 36.8 Å². The first-order valence-electron chi connectivity index (χ1n) is 7.47. The number of methoxy groups -OCH3 is 1. The van der Waals surface area contributed by atoms with Crippen LogP contribution in [0.3, 0.4) is 0 Å². The lowest BCUT2D eigenvalue weighted by Gasteiger charge is -2.06. The third kappa shape index (κ3) is 4.07. The van der Waals surface area contributed by atoms with Crippen molar-refractivity contribution in [3.8, 4) is 11.5 Å². The zero-order chi connectivity index (χ0) is 19.6. The smallest absolute Gasteiger partial charge is 0.281 e. The van der Waals surface area contributed by atoms with Gasteiger partial charge < -0.3 is 9.84 Å². The first kappa shape index (κ1) is 18.8. The molecule has 2 aromatic carbocycles. The Bertz CT molecular complexity index is 1080. The highest BCUT2D eigenvalue weighted by Gasteiger charge is 2.13. The van der Waals surface area contributed by atoms with Crippen LogP contribution in [0.25, 0.3) is 10.1 Å². The second-order valence-corrected chi connectivity index (χ2v) is 7.33. The number of hydrogen-bond donors (Lipinski definition) is 2. The number of phenols is 1. The molecule has 0 saturated carbocycles. The molecule has 8 nitrogen and oxygen atoms in total. The van der Waals surface area contributed by atoms with Crippen LogP contribution in [0, 0.1) is 10.1 Å². The fraction of sp³-hybridized carbons (Fsp3) is 0.0588. The van der Waals surface area contributed by atoms with Crippen molar-refractivity contribution in [2.24, 2.45) is 5.10 Å². The van der Waals surface area contributed by atoms with E-state index in [0.29, 0.717) is 20.3 Å². The molecule has 2 N–H and O–H groups in total. The molecule has 0 aliphatic heterocycles. The average molecular weight is 450 g/mol. The van der Waals surface area contributed by atoms with E-state index >= 15 is 0 Å². The predicted octanol–water partition coefficient (Wildman–Crippen LogP) is 4.05. The van der Waals surface area contributed by atoms with Crippen LogP contribution >= 0.6 is 27.3 Å². The Morgan fingerprint density at radius 1 is 1.37 bits per heavy atom. The van der Waals surface area contributed by atoms with Gasteiger partial charge in [0.2, 0.25) is 0 Å². The summed E-state index contributed by atoms with van der Waals surface area (Å²) in [5.74, 6) is -0.298. The summed E-state index contributed by atoms with van der Waals surface area (Å²) < 4.78 is 6.48. The van der Waals surface area contributed by atoms with Gasteiger partial charge >= 0.3 is 0 Å². The van der Waals surface area contributed by atoms with Gasteiger partial charge in [-0.15, -0.1) is 11.3 Å². The summed E-state index contributed by atoms with van der Waals surface area (Å²) in [7, 11) is 1.43. The highest BCUT2D eigenvalue weighted by molar-refractivity contribution is 9.10. The molecule has 3 aromatic rings. The maximum atomic E-state index is 12.3. The Kier molecular flexibility index (Phi) is 5.38. The Balaban J connectivity index is 1.78. The molecule has 0 aliphatic rings. The number of phenolic OH excluding ortho intramolecular Hbond substituents is 1. The summed E-state index contributed by atoms with van der Waals surface area (Å²) >= 11 is 4.49. The van der Waals surface area contributed by atoms with Gasteiger partial charge in [-0.2, -0.15) is 5.10 Å². The van der Waals surface area contributed by atoms with Gasteiger partial charge in [-0.05, 0) is 24.3 Å². The number of carbonyl (C=O) groups is 1. The number of hydrazone groups is 1. The maximum Gasteiger partial charge on any atom is 0.281 e. The van der Waals surface area contributed by atoms with Crippen LogP contribution in [-0.2, 0) is 0 Å². The largest absolute Gasteiger partial charge is 0.504 e. The quantitative estimate of drug-likeness (QED) is 0.346. The number of rotatable bonds is 5. The van der Waals surface area contributed by atoms with Crippen molar-refractivity contribution in [1.29, 1.82) is 0 Å². The number of nitrogens with one attached hydrogen (secondary N) is 1. The Labute approximate surface area is 165 Å². The van der Waals surface area contributed by atoms with Crippen molar-refractivity contribution in [1.82, 2.24) is 5.43 Å². The number of nitro groups is 1. The van der Waals surface area contributed by atoms with E-state index < -0.39 is 10.8 Å². The number of benzene rings is 2. The molecule has 10 heteroatoms. The number of ether oxygens (including phenoxy) is 1. The molecular formula is C17H12BrN3O5S. The lowest BCUT2D eigenvalue weighted by Crippen LogP contribution is -2.16. The van der Waals surface area contributed by atoms with Crippen molar-refractivity contribution in [2.45, 2.75) is 0 Å². The number of halogens is 1. The van der Waals surface area contributed by atoms with E-state index in [1.807, 2.05) is 0 Å². The van der Waals surface area contributed by atoms with Crippen LogP contribution in [0.4, 0.5) is 5.69 Å². The van der Waals surface area contributed by atoms with E-state index in [1.54, 1.807) is 24.3 Å². The molecule has 0 spiro atoms. The van der Waals surface area contributed by atoms with E-state index in [4.69, 9.17) is 4.74 Å². The van der Waals surface area contributed by atoms with E-state index in [2.05, 4.69) is 26.5 Å². The number of nitro benzene ring substituents is 1. The molecule has 138 valence electrons. The Morgan fingerprint density at radius 3 is 2.85 bits per heavy atom. The monoisotopic (exact) mass is 449 g/mol. The van der Waals surface area contributed by atoms with Crippen LogP contribution in [-0.4, -0.2) is 29.3 Å². The standard InChI is InChI=1S/C17H12BrN3O5S/c1-26-13-7-11(18)4-10(16(13)22)8-19-20-17(23)15-6-9-5-12(21(24)25)2-3-14(9)27-15/h2-8,22H,1H3,(H,20,23)/b19-8-. The van der Waals surface area contributed by atoms with Gasteiger partial charge in [-0.1, -0.05) is 15.9 Å². The molecule has 0 atom stereocenters. The third-order valence-corrected chi connectivity index (χ3v) is 5.17. The fourth-order valence-electron chi connectivity index (χ4n) is 2.32. The van der Waals surface area contributed by atoms with Crippen molar-refractivity contribution < 1.29 is 19.6 Å². The normalized spacial score (nSPS) is 11.0. The number of aromatic hydroxyl groups is 1. The summed E-state index contributed by atoms with van der Waals surface area (Å²) in [4.78, 5) is 23.0. The molecule has 1 amide bonds. The Morgan fingerprint density at radius 2 is 2.15 bits per heavy atom. The SMILES string of the molecule is COc1cc(Br)cc(/C=N\NC(=O)c2cc3cc([N+](=O)[O-])ccc3s2)c1O. The lowest BCUT2D eigenvalue weighted by molar-refractivity contribution is -0.384. The van der Waals surface area contributed by atoms with E-state index in [0.717, 1.165) is 4.70 Å². The summed E-state index contributed by atoms with van der Waals surface area (Å²) in [5, 5.41) is 25.4. The van der Waals surface area contributed by atoms with Gasteiger partial charge in [0, 0.05) is 32.3 Å². The zero-order valence-electron chi connectivity index (χ0n) is 13.8. The zero-order valence-corrected chi connectivity index (χ0v) is 16.2. The highest BCUT2D eigenvalue weighted by Crippen LogP contribution is 2.32. The van der Waals surface area contributed by atoms with E-state index in [-0.39, 0.29) is 17.2 Å². The number of non-ortho nitro benzene ring substituents is 1. The second kappa shape index (κ2) is 7.72. The highest BCUT2D eigenvalue weighted by atomic mass is 79.9. The molecule has 0 saturated heterocycles. The van der Waals surface area contributed by atoms with Gasteiger partial charge in [0.15, 0.2) is 11.5 Å². The molecule has 0 unspecified atom stereocenters. The number of amides is 1. The Hall–Kier alpha value is -2.98. The van der Waals surface area contributed by atoms with Gasteiger partial charge in [-0.25, -0.2) is 5.43 Å². The van der Waals surface area contributed by atoms with Crippen molar-refractivity contribution in [3.05, 3.63) is 61.4 Å². The second-order valence-electron chi connectivity index (χ2n) is 5.33. The van der Waals surface area contributed by atoms with Crippen molar-refractivity contribution in [2.75, 3.05) is 7.11 Å². The molecule has 1 aromatic heterocycles. The van der Waals surface area contributed by atoms with Crippen LogP contribution in [0.2, 0.25) is 0 Å². The van der Waals surface area contributed by atoms with Crippen LogP contribution in [0.15, 0.2) is 46.0 Å². The number of carbonyl (C=O) groups excluding carboxylic acids is 1. The molecule has 3 rings (SSSR count). The molecule has 27 heavy (non-hydrogen) atoms. The van der Waals surface area contributed by atoms with Gasteiger partial charge in [0.1, 0.15) is 0 Å². The molecule has 0 fully saturated rings. The van der Waals surface area contributed by atoms with Crippen molar-refractivity contribution in [3.63, 3.8) is 0 Å². The van der Waals surface area contributed by atoms with E-state index in [9.17, 15) is 20.0 Å². The minimum atomic E-state index is -0.486. The molecular weight excluding hydrogens is 438 g/mol. The molecule has 0 bridgehead atoms. The molecule has 0 aliphatic carbocycles.